The molecule has 0 radical (unpaired) electrons. The molecule has 0 spiro atoms. The van der Waals surface area contributed by atoms with Gasteiger partial charge in [0.15, 0.2) is 0 Å². The summed E-state index contributed by atoms with van der Waals surface area (Å²) in [6.07, 6.45) is 0. The summed E-state index contributed by atoms with van der Waals surface area (Å²) in [5.74, 6) is 1.48. The van der Waals surface area contributed by atoms with E-state index in [0.717, 1.165) is 17.9 Å². The van der Waals surface area contributed by atoms with E-state index in [-0.39, 0.29) is 0 Å². The van der Waals surface area contributed by atoms with Crippen molar-refractivity contribution in [1.82, 2.24) is 5.32 Å². The molecule has 0 heterocycles. The number of para-hydroxylation sites is 1. The van der Waals surface area contributed by atoms with Crippen LogP contribution in [0.1, 0.15) is 11.1 Å². The molecular formula is C17H18N2O2. The average molecular weight is 282 g/mol. The van der Waals surface area contributed by atoms with Crippen LogP contribution in [0, 0.1) is 11.3 Å². The smallest absolute Gasteiger partial charge is 0.136 e. The van der Waals surface area contributed by atoms with Gasteiger partial charge in [-0.25, -0.2) is 0 Å². The second kappa shape index (κ2) is 7.93. The molecule has 0 aliphatic rings. The monoisotopic (exact) mass is 282 g/mol. The topological polar surface area (TPSA) is 54.3 Å². The predicted octanol–water partition coefficient (Wildman–Crippen LogP) is 2.74. The number of methoxy groups -OCH3 is 1. The predicted molar refractivity (Wildman–Crippen MR) is 81.4 cm³/mol. The Morgan fingerprint density at radius 1 is 1.14 bits per heavy atom. The summed E-state index contributed by atoms with van der Waals surface area (Å²) in [7, 11) is 1.56. The van der Waals surface area contributed by atoms with Crippen molar-refractivity contribution in [2.75, 3.05) is 20.3 Å². The summed E-state index contributed by atoms with van der Waals surface area (Å²) in [6.45, 7) is 2.03. The Morgan fingerprint density at radius 3 is 2.67 bits per heavy atom. The maximum atomic E-state index is 9.04. The van der Waals surface area contributed by atoms with Crippen LogP contribution in [0.25, 0.3) is 0 Å². The van der Waals surface area contributed by atoms with Crippen molar-refractivity contribution < 1.29 is 9.47 Å². The maximum Gasteiger partial charge on any atom is 0.136 e. The van der Waals surface area contributed by atoms with Gasteiger partial charge in [0.1, 0.15) is 24.2 Å². The Morgan fingerprint density at radius 2 is 1.95 bits per heavy atom. The molecule has 2 aromatic rings. The number of nitrogens with zero attached hydrogens (tertiary/aromatic N) is 1. The molecule has 0 aliphatic carbocycles. The van der Waals surface area contributed by atoms with Crippen molar-refractivity contribution in [3.63, 3.8) is 0 Å². The van der Waals surface area contributed by atoms with E-state index in [1.165, 1.54) is 0 Å². The van der Waals surface area contributed by atoms with Gasteiger partial charge in [0, 0.05) is 13.1 Å². The Kier molecular flexibility index (Phi) is 5.62. The van der Waals surface area contributed by atoms with Gasteiger partial charge < -0.3 is 14.8 Å². The molecular weight excluding hydrogens is 264 g/mol. The van der Waals surface area contributed by atoms with Gasteiger partial charge in [-0.2, -0.15) is 5.26 Å². The lowest BCUT2D eigenvalue weighted by molar-refractivity contribution is 0.313. The zero-order chi connectivity index (χ0) is 14.9. The summed E-state index contributed by atoms with van der Waals surface area (Å²) in [6, 6.07) is 17.5. The molecule has 2 aromatic carbocycles. The molecule has 0 aliphatic heterocycles. The van der Waals surface area contributed by atoms with Crippen molar-refractivity contribution in [3.05, 3.63) is 59.7 Å². The van der Waals surface area contributed by atoms with Gasteiger partial charge >= 0.3 is 0 Å². The highest BCUT2D eigenvalue weighted by molar-refractivity contribution is 5.45. The van der Waals surface area contributed by atoms with Crippen molar-refractivity contribution in [3.8, 4) is 17.6 Å². The molecule has 0 fully saturated rings. The normalized spacial score (nSPS) is 9.90. The van der Waals surface area contributed by atoms with E-state index in [0.29, 0.717) is 24.5 Å². The molecule has 0 saturated carbocycles. The van der Waals surface area contributed by atoms with E-state index in [2.05, 4.69) is 11.4 Å². The number of rotatable bonds is 7. The highest BCUT2D eigenvalue weighted by atomic mass is 16.5. The van der Waals surface area contributed by atoms with E-state index in [1.54, 1.807) is 7.11 Å². The molecule has 0 atom stereocenters. The molecule has 0 amide bonds. The van der Waals surface area contributed by atoms with Gasteiger partial charge in [-0.1, -0.05) is 24.3 Å². The molecule has 0 bridgehead atoms. The molecule has 21 heavy (non-hydrogen) atoms. The van der Waals surface area contributed by atoms with Gasteiger partial charge in [0.25, 0.3) is 0 Å². The molecule has 0 unspecified atom stereocenters. The summed E-state index contributed by atoms with van der Waals surface area (Å²) in [5, 5.41) is 12.3. The largest absolute Gasteiger partial charge is 0.495 e. The van der Waals surface area contributed by atoms with Gasteiger partial charge in [-0.3, -0.25) is 0 Å². The first-order chi connectivity index (χ1) is 10.3. The standard InChI is InChI=1S/C17H18N2O2/c1-20-17-8-7-14(11-15(17)12-18)13-19-9-10-21-16-5-3-2-4-6-16/h2-8,11,19H,9-10,13H2,1H3. The lowest BCUT2D eigenvalue weighted by atomic mass is 10.1. The summed E-state index contributed by atoms with van der Waals surface area (Å²) in [4.78, 5) is 0. The first-order valence-electron chi connectivity index (χ1n) is 6.79. The van der Waals surface area contributed by atoms with E-state index in [4.69, 9.17) is 14.7 Å². The Bertz CT molecular complexity index is 606. The summed E-state index contributed by atoms with van der Waals surface area (Å²) < 4.78 is 10.7. The van der Waals surface area contributed by atoms with Crippen LogP contribution in [0.15, 0.2) is 48.5 Å². The van der Waals surface area contributed by atoms with Crippen LogP contribution < -0.4 is 14.8 Å². The zero-order valence-corrected chi connectivity index (χ0v) is 12.0. The highest BCUT2D eigenvalue weighted by Gasteiger charge is 2.03. The minimum Gasteiger partial charge on any atom is -0.495 e. The third-order valence-corrected chi connectivity index (χ3v) is 3.00. The number of nitriles is 1. The van der Waals surface area contributed by atoms with E-state index in [9.17, 15) is 0 Å². The first-order valence-corrected chi connectivity index (χ1v) is 6.79. The Labute approximate surface area is 124 Å². The second-order valence-corrected chi connectivity index (χ2v) is 4.48. The highest BCUT2D eigenvalue weighted by Crippen LogP contribution is 2.18. The second-order valence-electron chi connectivity index (χ2n) is 4.48. The molecule has 0 saturated heterocycles. The van der Waals surface area contributed by atoms with Gasteiger partial charge in [-0.15, -0.1) is 0 Å². The fourth-order valence-corrected chi connectivity index (χ4v) is 1.94. The number of hydrogen-bond donors (Lipinski definition) is 1. The van der Waals surface area contributed by atoms with Gasteiger partial charge in [-0.05, 0) is 29.8 Å². The molecule has 4 heteroatoms. The minimum absolute atomic E-state index is 0.553. The summed E-state index contributed by atoms with van der Waals surface area (Å²) in [5.41, 5.74) is 1.60. The van der Waals surface area contributed by atoms with Crippen molar-refractivity contribution >= 4 is 0 Å². The van der Waals surface area contributed by atoms with E-state index >= 15 is 0 Å². The van der Waals surface area contributed by atoms with Gasteiger partial charge in [0.2, 0.25) is 0 Å². The lowest BCUT2D eigenvalue weighted by Gasteiger charge is -2.09. The fourth-order valence-electron chi connectivity index (χ4n) is 1.94. The molecule has 1 N–H and O–H groups in total. The van der Waals surface area contributed by atoms with Crippen LogP contribution in [0.3, 0.4) is 0 Å². The van der Waals surface area contributed by atoms with Crippen LogP contribution in [0.5, 0.6) is 11.5 Å². The number of benzene rings is 2. The molecule has 108 valence electrons. The Balaban J connectivity index is 1.75. The average Bonchev–Trinajstić information content (AvgIpc) is 2.55. The van der Waals surface area contributed by atoms with E-state index in [1.807, 2.05) is 48.5 Å². The SMILES string of the molecule is COc1ccc(CNCCOc2ccccc2)cc1C#N. The van der Waals surface area contributed by atoms with Crippen molar-refractivity contribution in [2.45, 2.75) is 6.54 Å². The first kappa shape index (κ1) is 14.9. The van der Waals surface area contributed by atoms with Crippen molar-refractivity contribution in [1.29, 1.82) is 5.26 Å². The van der Waals surface area contributed by atoms with Gasteiger partial charge in [0.05, 0.1) is 12.7 Å². The summed E-state index contributed by atoms with van der Waals surface area (Å²) >= 11 is 0. The molecule has 4 nitrogen and oxygen atoms in total. The maximum absolute atomic E-state index is 9.04. The van der Waals surface area contributed by atoms with E-state index < -0.39 is 0 Å². The fraction of sp³-hybridized carbons (Fsp3) is 0.235. The number of ether oxygens (including phenoxy) is 2. The van der Waals surface area contributed by atoms with Crippen molar-refractivity contribution in [2.24, 2.45) is 0 Å². The number of nitrogens with one attached hydrogen (secondary N) is 1. The van der Waals surface area contributed by atoms with Crippen LogP contribution >= 0.6 is 0 Å². The molecule has 0 aromatic heterocycles. The minimum atomic E-state index is 0.553. The number of hydrogen-bond acceptors (Lipinski definition) is 4. The third kappa shape index (κ3) is 4.51. The lowest BCUT2D eigenvalue weighted by Crippen LogP contribution is -2.20. The quantitative estimate of drug-likeness (QED) is 0.793. The third-order valence-electron chi connectivity index (χ3n) is 3.00. The van der Waals surface area contributed by atoms with Crippen LogP contribution in [0.2, 0.25) is 0 Å². The zero-order valence-electron chi connectivity index (χ0n) is 12.0. The van der Waals surface area contributed by atoms with Crippen LogP contribution in [0.4, 0.5) is 0 Å². The Hall–Kier alpha value is -2.51. The molecule has 2 rings (SSSR count). The van der Waals surface area contributed by atoms with Crippen LogP contribution in [-0.2, 0) is 6.54 Å². The van der Waals surface area contributed by atoms with Crippen LogP contribution in [-0.4, -0.2) is 20.3 Å².